The van der Waals surface area contributed by atoms with Crippen molar-refractivity contribution >= 4 is 17.4 Å². The fourth-order valence-electron chi connectivity index (χ4n) is 2.71. The van der Waals surface area contributed by atoms with Gasteiger partial charge in [-0.25, -0.2) is 0 Å². The zero-order valence-electron chi connectivity index (χ0n) is 14.4. The summed E-state index contributed by atoms with van der Waals surface area (Å²) in [4.78, 5) is 0. The molecular formula is C19H23N3S. The van der Waals surface area contributed by atoms with Gasteiger partial charge in [-0.05, 0) is 53.6 Å². The van der Waals surface area contributed by atoms with Gasteiger partial charge in [0, 0.05) is 11.9 Å². The Balaban J connectivity index is 1.86. The lowest BCUT2D eigenvalue weighted by Gasteiger charge is -2.22. The summed E-state index contributed by atoms with van der Waals surface area (Å²) in [6.07, 6.45) is 2.01. The maximum atomic E-state index is 4.30. The van der Waals surface area contributed by atoms with Crippen LogP contribution in [0.1, 0.15) is 43.0 Å². The molecule has 0 aliphatic rings. The van der Waals surface area contributed by atoms with E-state index in [1.165, 1.54) is 22.3 Å². The van der Waals surface area contributed by atoms with Crippen LogP contribution in [0, 0.1) is 13.8 Å². The van der Waals surface area contributed by atoms with Gasteiger partial charge in [-0.1, -0.05) is 50.7 Å². The third-order valence-corrected chi connectivity index (χ3v) is 5.16. The van der Waals surface area contributed by atoms with Gasteiger partial charge in [-0.2, -0.15) is 0 Å². The van der Waals surface area contributed by atoms with Crippen LogP contribution >= 0.6 is 11.8 Å². The number of thioether (sulfide) groups is 1. The first-order valence-electron chi connectivity index (χ1n) is 7.89. The van der Waals surface area contributed by atoms with E-state index >= 15 is 0 Å². The molecule has 0 aliphatic carbocycles. The smallest absolute Gasteiger partial charge is 0.195 e. The maximum absolute atomic E-state index is 4.30. The number of benzene rings is 1. The minimum Gasteiger partial charge on any atom is -0.277 e. The molecule has 0 amide bonds. The summed E-state index contributed by atoms with van der Waals surface area (Å²) in [5.74, 6) is 0.914. The molecule has 0 radical (unpaired) electrons. The number of rotatable bonds is 3. The summed E-state index contributed by atoms with van der Waals surface area (Å²) < 4.78 is 2.04. The SMILES string of the molecule is Cc1cc(C(C)(C)C)cc(C)c1CSc1nnc2ccccn12. The second-order valence-electron chi connectivity index (χ2n) is 7.04. The molecule has 0 saturated heterocycles. The fourth-order valence-corrected chi connectivity index (χ4v) is 3.83. The summed E-state index contributed by atoms with van der Waals surface area (Å²) in [7, 11) is 0. The van der Waals surface area contributed by atoms with Gasteiger partial charge >= 0.3 is 0 Å². The van der Waals surface area contributed by atoms with E-state index in [2.05, 4.69) is 56.9 Å². The van der Waals surface area contributed by atoms with Crippen LogP contribution in [0.2, 0.25) is 0 Å². The maximum Gasteiger partial charge on any atom is 0.195 e. The lowest BCUT2D eigenvalue weighted by atomic mass is 9.84. The zero-order chi connectivity index (χ0) is 16.6. The van der Waals surface area contributed by atoms with E-state index in [1.54, 1.807) is 11.8 Å². The van der Waals surface area contributed by atoms with Gasteiger partial charge < -0.3 is 0 Å². The molecule has 0 atom stereocenters. The molecule has 0 unspecified atom stereocenters. The third-order valence-electron chi connectivity index (χ3n) is 4.19. The average molecular weight is 325 g/mol. The fraction of sp³-hybridized carbons (Fsp3) is 0.368. The lowest BCUT2D eigenvalue weighted by Crippen LogP contribution is -2.12. The minimum atomic E-state index is 0.185. The van der Waals surface area contributed by atoms with Gasteiger partial charge in [0.15, 0.2) is 10.8 Å². The lowest BCUT2D eigenvalue weighted by molar-refractivity contribution is 0.589. The van der Waals surface area contributed by atoms with E-state index in [4.69, 9.17) is 0 Å². The molecule has 23 heavy (non-hydrogen) atoms. The van der Waals surface area contributed by atoms with Crippen molar-refractivity contribution in [3.05, 3.63) is 58.8 Å². The number of aryl methyl sites for hydroxylation is 2. The first-order valence-corrected chi connectivity index (χ1v) is 8.88. The first kappa shape index (κ1) is 16.1. The highest BCUT2D eigenvalue weighted by Gasteiger charge is 2.16. The molecule has 0 aliphatic heterocycles. The van der Waals surface area contributed by atoms with Gasteiger partial charge in [-0.3, -0.25) is 4.40 Å². The summed E-state index contributed by atoms with van der Waals surface area (Å²) in [6.45, 7) is 11.2. The van der Waals surface area contributed by atoms with Gasteiger partial charge in [0.1, 0.15) is 0 Å². The van der Waals surface area contributed by atoms with Crippen molar-refractivity contribution in [1.29, 1.82) is 0 Å². The third kappa shape index (κ3) is 3.27. The molecule has 4 heteroatoms. The number of aromatic nitrogens is 3. The predicted molar refractivity (Wildman–Crippen MR) is 97.2 cm³/mol. The molecule has 0 fully saturated rings. The van der Waals surface area contributed by atoms with Crippen molar-refractivity contribution in [1.82, 2.24) is 14.6 Å². The molecule has 1 aromatic carbocycles. The molecule has 0 bridgehead atoms. The quantitative estimate of drug-likeness (QED) is 0.639. The molecule has 0 saturated carbocycles. The standard InChI is InChI=1S/C19H23N3S/c1-13-10-15(19(3,4)5)11-14(2)16(13)12-23-18-21-20-17-8-6-7-9-22(17)18/h6-11H,12H2,1-5H3. The van der Waals surface area contributed by atoms with Crippen LogP contribution in [-0.4, -0.2) is 14.6 Å². The van der Waals surface area contributed by atoms with Gasteiger partial charge in [-0.15, -0.1) is 10.2 Å². The normalized spacial score (nSPS) is 12.0. The van der Waals surface area contributed by atoms with Gasteiger partial charge in [0.25, 0.3) is 0 Å². The Hall–Kier alpha value is -1.81. The van der Waals surface area contributed by atoms with Crippen LogP contribution in [0.5, 0.6) is 0 Å². The Morgan fingerprint density at radius 3 is 2.39 bits per heavy atom. The summed E-state index contributed by atoms with van der Waals surface area (Å²) in [6, 6.07) is 10.6. The summed E-state index contributed by atoms with van der Waals surface area (Å²) in [5, 5.41) is 9.46. The minimum absolute atomic E-state index is 0.185. The number of fused-ring (bicyclic) bond motifs is 1. The van der Waals surface area contributed by atoms with Crippen molar-refractivity contribution in [2.75, 3.05) is 0 Å². The van der Waals surface area contributed by atoms with E-state index in [0.717, 1.165) is 16.6 Å². The van der Waals surface area contributed by atoms with Crippen molar-refractivity contribution in [2.45, 2.75) is 50.9 Å². The molecule has 2 aromatic heterocycles. The Labute approximate surface area is 142 Å². The molecular weight excluding hydrogens is 302 g/mol. The molecule has 2 heterocycles. The molecule has 0 spiro atoms. The van der Waals surface area contributed by atoms with Crippen LogP contribution in [0.4, 0.5) is 0 Å². The summed E-state index contributed by atoms with van der Waals surface area (Å²) in [5.41, 5.74) is 6.59. The summed E-state index contributed by atoms with van der Waals surface area (Å²) >= 11 is 1.74. The Morgan fingerprint density at radius 1 is 1.04 bits per heavy atom. The number of nitrogens with zero attached hydrogens (tertiary/aromatic N) is 3. The van der Waals surface area contributed by atoms with Crippen LogP contribution in [0.3, 0.4) is 0 Å². The highest BCUT2D eigenvalue weighted by molar-refractivity contribution is 7.98. The van der Waals surface area contributed by atoms with Crippen molar-refractivity contribution in [3.8, 4) is 0 Å². The zero-order valence-corrected chi connectivity index (χ0v) is 15.2. The first-order chi connectivity index (χ1) is 10.9. The Bertz CT molecular complexity index is 820. The molecule has 120 valence electrons. The molecule has 3 nitrogen and oxygen atoms in total. The monoisotopic (exact) mass is 325 g/mol. The van der Waals surface area contributed by atoms with Gasteiger partial charge in [0.2, 0.25) is 0 Å². The average Bonchev–Trinajstić information content (AvgIpc) is 2.89. The van der Waals surface area contributed by atoms with Crippen LogP contribution < -0.4 is 0 Å². The van der Waals surface area contributed by atoms with Crippen LogP contribution in [-0.2, 0) is 11.2 Å². The molecule has 0 N–H and O–H groups in total. The number of hydrogen-bond donors (Lipinski definition) is 0. The van der Waals surface area contributed by atoms with E-state index in [0.29, 0.717) is 0 Å². The van der Waals surface area contributed by atoms with E-state index in [9.17, 15) is 0 Å². The van der Waals surface area contributed by atoms with Crippen molar-refractivity contribution in [2.24, 2.45) is 0 Å². The van der Waals surface area contributed by atoms with Crippen molar-refractivity contribution < 1.29 is 0 Å². The highest BCUT2D eigenvalue weighted by Crippen LogP contribution is 2.30. The number of pyridine rings is 1. The van der Waals surface area contributed by atoms with Crippen LogP contribution in [0.25, 0.3) is 5.65 Å². The molecule has 3 rings (SSSR count). The second kappa shape index (κ2) is 6.00. The van der Waals surface area contributed by atoms with Gasteiger partial charge in [0.05, 0.1) is 0 Å². The topological polar surface area (TPSA) is 30.2 Å². The van der Waals surface area contributed by atoms with Crippen molar-refractivity contribution in [3.63, 3.8) is 0 Å². The Morgan fingerprint density at radius 2 is 1.74 bits per heavy atom. The van der Waals surface area contributed by atoms with E-state index in [-0.39, 0.29) is 5.41 Å². The van der Waals surface area contributed by atoms with Crippen LogP contribution in [0.15, 0.2) is 41.7 Å². The largest absolute Gasteiger partial charge is 0.277 e. The molecule has 3 aromatic rings. The second-order valence-corrected chi connectivity index (χ2v) is 7.98. The predicted octanol–water partition coefficient (Wildman–Crippen LogP) is 4.94. The Kier molecular flexibility index (Phi) is 4.19. The van der Waals surface area contributed by atoms with E-state index < -0.39 is 0 Å². The van der Waals surface area contributed by atoms with E-state index in [1.807, 2.05) is 28.8 Å². The highest BCUT2D eigenvalue weighted by atomic mass is 32.2. The number of hydrogen-bond acceptors (Lipinski definition) is 3.